The van der Waals surface area contributed by atoms with Gasteiger partial charge in [0.1, 0.15) is 5.69 Å². The Morgan fingerprint density at radius 1 is 1.35 bits per heavy atom. The maximum Gasteiger partial charge on any atom is 0.352 e. The Labute approximate surface area is 106 Å². The third kappa shape index (κ3) is 2.66. The summed E-state index contributed by atoms with van der Waals surface area (Å²) in [5, 5.41) is 9.07. The number of aromatic carboxylic acids is 1. The van der Waals surface area contributed by atoms with E-state index in [1.165, 1.54) is 19.3 Å². The maximum absolute atomic E-state index is 11.0. The molecule has 1 aromatic heterocycles. The third-order valence-corrected chi connectivity index (χ3v) is 4.48. The van der Waals surface area contributed by atoms with Gasteiger partial charge >= 0.3 is 5.97 Å². The highest BCUT2D eigenvalue weighted by atomic mass is 32.2. The van der Waals surface area contributed by atoms with E-state index in [4.69, 9.17) is 5.11 Å². The number of rotatable bonds is 3. The van der Waals surface area contributed by atoms with Crippen molar-refractivity contribution in [3.63, 3.8) is 0 Å². The molecule has 1 fully saturated rings. The van der Waals surface area contributed by atoms with Crippen LogP contribution in [0.15, 0.2) is 11.0 Å². The molecule has 0 amide bonds. The maximum atomic E-state index is 11.0. The van der Waals surface area contributed by atoms with Gasteiger partial charge in [0, 0.05) is 30.7 Å². The second-order valence-corrected chi connectivity index (χ2v) is 5.56. The van der Waals surface area contributed by atoms with Crippen LogP contribution in [0.1, 0.15) is 35.4 Å². The van der Waals surface area contributed by atoms with Gasteiger partial charge in [0.05, 0.1) is 0 Å². The van der Waals surface area contributed by atoms with Gasteiger partial charge in [-0.05, 0) is 37.8 Å². The molecular formula is C12H18N2O2S. The van der Waals surface area contributed by atoms with Crippen molar-refractivity contribution in [2.75, 3.05) is 13.1 Å². The Hall–Kier alpha value is -0.940. The van der Waals surface area contributed by atoms with Gasteiger partial charge < -0.3 is 9.67 Å². The molecular weight excluding hydrogens is 236 g/mol. The molecule has 2 heterocycles. The number of carboxylic acid groups (broad SMARTS) is 1. The summed E-state index contributed by atoms with van der Waals surface area (Å²) in [5.74, 6) is -0.860. The molecule has 0 bridgehead atoms. The van der Waals surface area contributed by atoms with E-state index < -0.39 is 5.97 Å². The summed E-state index contributed by atoms with van der Waals surface area (Å²) in [6.07, 6.45) is 3.79. The minimum absolute atomic E-state index is 0.363. The van der Waals surface area contributed by atoms with Crippen LogP contribution in [-0.2, 0) is 7.05 Å². The minimum atomic E-state index is -0.860. The highest BCUT2D eigenvalue weighted by Gasteiger charge is 2.18. The fraction of sp³-hybridized carbons (Fsp3) is 0.583. The Morgan fingerprint density at radius 3 is 2.53 bits per heavy atom. The van der Waals surface area contributed by atoms with Crippen molar-refractivity contribution in [1.29, 1.82) is 0 Å². The number of carboxylic acids is 1. The molecule has 0 atom stereocenters. The van der Waals surface area contributed by atoms with Crippen LogP contribution >= 0.6 is 11.9 Å². The van der Waals surface area contributed by atoms with E-state index in [1.54, 1.807) is 29.6 Å². The van der Waals surface area contributed by atoms with E-state index >= 15 is 0 Å². The van der Waals surface area contributed by atoms with Crippen molar-refractivity contribution in [2.45, 2.75) is 31.1 Å². The molecule has 0 spiro atoms. The van der Waals surface area contributed by atoms with Crippen molar-refractivity contribution in [3.8, 4) is 0 Å². The summed E-state index contributed by atoms with van der Waals surface area (Å²) in [6, 6.07) is 1.77. The van der Waals surface area contributed by atoms with E-state index in [0.717, 1.165) is 23.7 Å². The second-order valence-electron chi connectivity index (χ2n) is 4.42. The number of piperidine rings is 1. The van der Waals surface area contributed by atoms with E-state index in [1.807, 2.05) is 6.92 Å². The summed E-state index contributed by atoms with van der Waals surface area (Å²) < 4.78 is 4.08. The molecule has 0 unspecified atom stereocenters. The van der Waals surface area contributed by atoms with E-state index in [2.05, 4.69) is 4.31 Å². The van der Waals surface area contributed by atoms with Crippen LogP contribution in [0.4, 0.5) is 0 Å². The Balaban J connectivity index is 2.15. The van der Waals surface area contributed by atoms with Crippen LogP contribution in [0.2, 0.25) is 0 Å². The number of hydrogen-bond acceptors (Lipinski definition) is 3. The van der Waals surface area contributed by atoms with Gasteiger partial charge in [-0.15, -0.1) is 0 Å². The van der Waals surface area contributed by atoms with Gasteiger partial charge in [-0.3, -0.25) is 0 Å². The largest absolute Gasteiger partial charge is 0.477 e. The van der Waals surface area contributed by atoms with Gasteiger partial charge in [-0.1, -0.05) is 6.42 Å². The monoisotopic (exact) mass is 254 g/mol. The van der Waals surface area contributed by atoms with Crippen molar-refractivity contribution < 1.29 is 9.90 Å². The summed E-state index contributed by atoms with van der Waals surface area (Å²) in [7, 11) is 1.80. The van der Waals surface area contributed by atoms with Gasteiger partial charge in [0.2, 0.25) is 0 Å². The predicted molar refractivity (Wildman–Crippen MR) is 68.4 cm³/mol. The molecule has 94 valence electrons. The van der Waals surface area contributed by atoms with E-state index in [9.17, 15) is 4.79 Å². The zero-order valence-corrected chi connectivity index (χ0v) is 11.1. The first-order chi connectivity index (χ1) is 8.09. The van der Waals surface area contributed by atoms with Crippen molar-refractivity contribution in [1.82, 2.24) is 8.87 Å². The second kappa shape index (κ2) is 5.14. The number of hydrogen-bond donors (Lipinski definition) is 1. The standard InChI is InChI=1S/C12H18N2O2S/c1-9-11(8-10(12(15)16)13(9)2)17-14-6-4-3-5-7-14/h8H,3-7H2,1-2H3,(H,15,16). The molecule has 17 heavy (non-hydrogen) atoms. The zero-order chi connectivity index (χ0) is 12.4. The molecule has 0 aromatic carbocycles. The molecule has 2 rings (SSSR count). The first-order valence-corrected chi connectivity index (χ1v) is 6.69. The van der Waals surface area contributed by atoms with Gasteiger partial charge in [0.15, 0.2) is 0 Å². The van der Waals surface area contributed by atoms with Crippen molar-refractivity contribution in [3.05, 3.63) is 17.5 Å². The lowest BCUT2D eigenvalue weighted by atomic mass is 10.2. The molecule has 1 saturated heterocycles. The number of aromatic nitrogens is 1. The molecule has 1 N–H and O–H groups in total. The first kappa shape index (κ1) is 12.5. The number of carbonyl (C=O) groups is 1. The van der Waals surface area contributed by atoms with Crippen LogP contribution in [-0.4, -0.2) is 33.0 Å². The van der Waals surface area contributed by atoms with Crippen molar-refractivity contribution in [2.24, 2.45) is 7.05 Å². The van der Waals surface area contributed by atoms with Gasteiger partial charge in [-0.2, -0.15) is 0 Å². The van der Waals surface area contributed by atoms with E-state index in [0.29, 0.717) is 5.69 Å². The normalized spacial score (nSPS) is 17.3. The molecule has 1 aliphatic heterocycles. The quantitative estimate of drug-likeness (QED) is 0.842. The summed E-state index contributed by atoms with van der Waals surface area (Å²) in [5.41, 5.74) is 1.39. The number of nitrogens with zero attached hydrogens (tertiary/aromatic N) is 2. The SMILES string of the molecule is Cc1c(SN2CCCCC2)cc(C(=O)O)n1C. The lowest BCUT2D eigenvalue weighted by molar-refractivity contribution is 0.0686. The third-order valence-electron chi connectivity index (χ3n) is 3.25. The topological polar surface area (TPSA) is 45.5 Å². The lowest BCUT2D eigenvalue weighted by Crippen LogP contribution is -2.22. The zero-order valence-electron chi connectivity index (χ0n) is 10.3. The average Bonchev–Trinajstić information content (AvgIpc) is 2.59. The van der Waals surface area contributed by atoms with Crippen LogP contribution in [0.25, 0.3) is 0 Å². The highest BCUT2D eigenvalue weighted by molar-refractivity contribution is 7.97. The van der Waals surface area contributed by atoms with Gasteiger partial charge in [0.25, 0.3) is 0 Å². The minimum Gasteiger partial charge on any atom is -0.477 e. The van der Waals surface area contributed by atoms with Crippen molar-refractivity contribution >= 4 is 17.9 Å². The Kier molecular flexibility index (Phi) is 3.79. The van der Waals surface area contributed by atoms with E-state index in [-0.39, 0.29) is 0 Å². The fourth-order valence-corrected chi connectivity index (χ4v) is 3.22. The molecule has 0 radical (unpaired) electrons. The molecule has 4 nitrogen and oxygen atoms in total. The average molecular weight is 254 g/mol. The summed E-state index contributed by atoms with van der Waals surface area (Å²) >= 11 is 1.69. The highest BCUT2D eigenvalue weighted by Crippen LogP contribution is 2.30. The molecule has 0 aliphatic carbocycles. The van der Waals surface area contributed by atoms with Crippen LogP contribution in [0.5, 0.6) is 0 Å². The fourth-order valence-electron chi connectivity index (χ4n) is 2.06. The molecule has 1 aliphatic rings. The van der Waals surface area contributed by atoms with Crippen LogP contribution in [0, 0.1) is 6.92 Å². The Bertz CT molecular complexity index is 422. The van der Waals surface area contributed by atoms with Crippen LogP contribution < -0.4 is 0 Å². The first-order valence-electron chi connectivity index (χ1n) is 5.92. The summed E-state index contributed by atoms with van der Waals surface area (Å²) in [6.45, 7) is 4.17. The Morgan fingerprint density at radius 2 is 2.00 bits per heavy atom. The molecule has 0 saturated carbocycles. The molecule has 1 aromatic rings. The van der Waals surface area contributed by atoms with Gasteiger partial charge in [-0.25, -0.2) is 9.10 Å². The smallest absolute Gasteiger partial charge is 0.352 e. The predicted octanol–water partition coefficient (Wildman–Crippen LogP) is 2.52. The molecule has 5 heteroatoms. The summed E-state index contributed by atoms with van der Waals surface area (Å²) in [4.78, 5) is 12.1. The lowest BCUT2D eigenvalue weighted by Gasteiger charge is -2.24. The van der Waals surface area contributed by atoms with Crippen LogP contribution in [0.3, 0.4) is 0 Å².